The van der Waals surface area contributed by atoms with Crippen molar-refractivity contribution in [1.82, 2.24) is 10.6 Å². The lowest BCUT2D eigenvalue weighted by Gasteiger charge is -2.26. The van der Waals surface area contributed by atoms with Crippen molar-refractivity contribution in [3.8, 4) is 0 Å². The number of fused-ring (bicyclic) bond motifs is 1. The lowest BCUT2D eigenvalue weighted by molar-refractivity contribution is 0.234. The molecule has 1 aliphatic carbocycles. The van der Waals surface area contributed by atoms with Crippen LogP contribution in [-0.4, -0.2) is 12.1 Å². The first-order chi connectivity index (χ1) is 13.6. The number of nitrogens with one attached hydrogen (secondary N) is 2. The van der Waals surface area contributed by atoms with E-state index in [-0.39, 0.29) is 12.1 Å². The van der Waals surface area contributed by atoms with Crippen molar-refractivity contribution in [3.05, 3.63) is 70.3 Å². The lowest BCUT2D eigenvalue weighted by atomic mass is 9.85. The van der Waals surface area contributed by atoms with E-state index in [9.17, 15) is 4.79 Å². The van der Waals surface area contributed by atoms with Crippen LogP contribution >= 0.6 is 0 Å². The molecular weight excluding hydrogens is 344 g/mol. The van der Waals surface area contributed by atoms with Crippen molar-refractivity contribution in [2.45, 2.75) is 77.8 Å². The van der Waals surface area contributed by atoms with Crippen molar-refractivity contribution in [2.24, 2.45) is 0 Å². The van der Waals surface area contributed by atoms with Crippen molar-refractivity contribution < 1.29 is 4.79 Å². The number of hydrogen-bond acceptors (Lipinski definition) is 1. The van der Waals surface area contributed by atoms with Gasteiger partial charge in [0.15, 0.2) is 0 Å². The summed E-state index contributed by atoms with van der Waals surface area (Å²) >= 11 is 0. The molecule has 1 aliphatic rings. The number of carbonyl (C=O) groups is 1. The molecule has 0 saturated carbocycles. The molecule has 2 N–H and O–H groups in total. The quantitative estimate of drug-likeness (QED) is 0.655. The summed E-state index contributed by atoms with van der Waals surface area (Å²) in [5.41, 5.74) is 6.80. The second-order valence-corrected chi connectivity index (χ2v) is 8.04. The van der Waals surface area contributed by atoms with Crippen LogP contribution in [0.5, 0.6) is 0 Å². The Morgan fingerprint density at radius 1 is 0.964 bits per heavy atom. The number of benzene rings is 2. The monoisotopic (exact) mass is 378 g/mol. The minimum atomic E-state index is -0.0868. The average Bonchev–Trinajstić information content (AvgIpc) is 2.75. The van der Waals surface area contributed by atoms with Gasteiger partial charge in [0, 0.05) is 18.5 Å². The third-order valence-electron chi connectivity index (χ3n) is 6.14. The highest BCUT2D eigenvalue weighted by atomic mass is 16.2. The molecular formula is C25H34N2O. The van der Waals surface area contributed by atoms with Crippen LogP contribution in [0.2, 0.25) is 0 Å². The highest BCUT2D eigenvalue weighted by Crippen LogP contribution is 2.27. The van der Waals surface area contributed by atoms with Gasteiger partial charge in [-0.2, -0.15) is 0 Å². The zero-order chi connectivity index (χ0) is 19.9. The molecule has 2 amide bonds. The smallest absolute Gasteiger partial charge is 0.315 e. The van der Waals surface area contributed by atoms with Gasteiger partial charge in [0.1, 0.15) is 0 Å². The normalized spacial score (nSPS) is 15.4. The maximum atomic E-state index is 12.5. The highest BCUT2D eigenvalue weighted by Gasteiger charge is 2.21. The Morgan fingerprint density at radius 3 is 2.32 bits per heavy atom. The van der Waals surface area contributed by atoms with E-state index >= 15 is 0 Å². The van der Waals surface area contributed by atoms with Crippen LogP contribution in [0.4, 0.5) is 4.79 Å². The van der Waals surface area contributed by atoms with Crippen LogP contribution in [0.15, 0.2) is 42.5 Å². The summed E-state index contributed by atoms with van der Waals surface area (Å²) in [5, 5.41) is 6.20. The molecule has 3 heteroatoms. The molecule has 2 unspecified atom stereocenters. The van der Waals surface area contributed by atoms with E-state index in [0.29, 0.717) is 12.5 Å². The molecule has 150 valence electrons. The van der Waals surface area contributed by atoms with Crippen molar-refractivity contribution >= 4 is 6.03 Å². The lowest BCUT2D eigenvalue weighted by Crippen LogP contribution is -2.43. The van der Waals surface area contributed by atoms with Gasteiger partial charge in [0.05, 0.1) is 0 Å². The van der Waals surface area contributed by atoms with Crippen LogP contribution in [0.25, 0.3) is 0 Å². The van der Waals surface area contributed by atoms with Crippen molar-refractivity contribution in [2.75, 3.05) is 0 Å². The van der Waals surface area contributed by atoms with Gasteiger partial charge in [-0.3, -0.25) is 0 Å². The molecule has 0 fully saturated rings. The largest absolute Gasteiger partial charge is 0.335 e. The SMILES string of the molecule is CCc1ccc(CNC(=O)NC(CC)C(C)c2ccc3c(c2)CCCC3)cc1. The molecule has 0 bridgehead atoms. The van der Waals surface area contributed by atoms with Gasteiger partial charge in [-0.25, -0.2) is 4.79 Å². The van der Waals surface area contributed by atoms with Crippen LogP contribution in [0.3, 0.4) is 0 Å². The fourth-order valence-corrected chi connectivity index (χ4v) is 4.14. The van der Waals surface area contributed by atoms with Gasteiger partial charge >= 0.3 is 6.03 Å². The van der Waals surface area contributed by atoms with Gasteiger partial charge in [-0.15, -0.1) is 0 Å². The third-order valence-corrected chi connectivity index (χ3v) is 6.14. The predicted octanol–water partition coefficient (Wildman–Crippen LogP) is 5.51. The van der Waals surface area contributed by atoms with E-state index in [1.807, 2.05) is 0 Å². The molecule has 0 spiro atoms. The Bertz CT molecular complexity index is 782. The molecule has 28 heavy (non-hydrogen) atoms. The van der Waals surface area contributed by atoms with Crippen molar-refractivity contribution in [1.29, 1.82) is 0 Å². The van der Waals surface area contributed by atoms with Gasteiger partial charge in [0.25, 0.3) is 0 Å². The zero-order valence-electron chi connectivity index (χ0n) is 17.6. The molecule has 2 atom stereocenters. The summed E-state index contributed by atoms with van der Waals surface area (Å²) in [6.07, 6.45) is 6.95. The van der Waals surface area contributed by atoms with E-state index in [1.165, 1.54) is 47.9 Å². The Hall–Kier alpha value is -2.29. The van der Waals surface area contributed by atoms with E-state index in [2.05, 4.69) is 73.9 Å². The Labute approximate surface area is 169 Å². The number of hydrogen-bond donors (Lipinski definition) is 2. The zero-order valence-corrected chi connectivity index (χ0v) is 17.6. The van der Waals surface area contributed by atoms with E-state index in [0.717, 1.165) is 18.4 Å². The Morgan fingerprint density at radius 2 is 1.64 bits per heavy atom. The summed E-state index contributed by atoms with van der Waals surface area (Å²) in [6.45, 7) is 7.07. The van der Waals surface area contributed by atoms with E-state index in [4.69, 9.17) is 0 Å². The second kappa shape index (κ2) is 9.77. The molecule has 0 aromatic heterocycles. The number of rotatable bonds is 7. The molecule has 0 aliphatic heterocycles. The molecule has 2 aromatic carbocycles. The summed E-state index contributed by atoms with van der Waals surface area (Å²) in [7, 11) is 0. The minimum absolute atomic E-state index is 0.0868. The van der Waals surface area contributed by atoms with Crippen molar-refractivity contribution in [3.63, 3.8) is 0 Å². The molecule has 0 saturated heterocycles. The van der Waals surface area contributed by atoms with Gasteiger partial charge in [0.2, 0.25) is 0 Å². The number of amides is 2. The minimum Gasteiger partial charge on any atom is -0.335 e. The first kappa shape index (κ1) is 20.4. The van der Waals surface area contributed by atoms with Gasteiger partial charge in [-0.1, -0.05) is 63.2 Å². The first-order valence-electron chi connectivity index (χ1n) is 10.8. The summed E-state index contributed by atoms with van der Waals surface area (Å²) in [4.78, 5) is 12.5. The predicted molar refractivity (Wildman–Crippen MR) is 117 cm³/mol. The third kappa shape index (κ3) is 5.15. The van der Waals surface area contributed by atoms with Gasteiger partial charge < -0.3 is 10.6 Å². The van der Waals surface area contributed by atoms with Gasteiger partial charge in [-0.05, 0) is 66.3 Å². The van der Waals surface area contributed by atoms with Crippen LogP contribution in [-0.2, 0) is 25.8 Å². The summed E-state index contributed by atoms with van der Waals surface area (Å²) < 4.78 is 0. The molecule has 0 heterocycles. The number of aryl methyl sites for hydroxylation is 3. The number of urea groups is 1. The Balaban J connectivity index is 1.57. The summed E-state index contributed by atoms with van der Waals surface area (Å²) in [6, 6.07) is 15.4. The maximum Gasteiger partial charge on any atom is 0.315 e. The average molecular weight is 379 g/mol. The van der Waals surface area contributed by atoms with Crippen LogP contribution in [0, 0.1) is 0 Å². The molecule has 0 radical (unpaired) electrons. The Kier molecular flexibility index (Phi) is 7.13. The molecule has 2 aromatic rings. The second-order valence-electron chi connectivity index (χ2n) is 8.04. The summed E-state index contributed by atoms with van der Waals surface area (Å²) in [5.74, 6) is 0.298. The molecule has 3 rings (SSSR count). The highest BCUT2D eigenvalue weighted by molar-refractivity contribution is 5.74. The van der Waals surface area contributed by atoms with E-state index in [1.54, 1.807) is 0 Å². The van der Waals surface area contributed by atoms with Crippen LogP contribution < -0.4 is 10.6 Å². The molecule has 3 nitrogen and oxygen atoms in total. The fraction of sp³-hybridized carbons (Fsp3) is 0.480. The van der Waals surface area contributed by atoms with Crippen LogP contribution in [0.1, 0.15) is 73.8 Å². The standard InChI is InChI=1S/C25H34N2O/c1-4-19-10-12-20(13-11-19)17-26-25(28)27-24(5-2)18(3)22-15-14-21-8-6-7-9-23(21)16-22/h10-16,18,24H,4-9,17H2,1-3H3,(H2,26,27,28). The fourth-order valence-electron chi connectivity index (χ4n) is 4.14. The number of carbonyl (C=O) groups excluding carboxylic acids is 1. The first-order valence-corrected chi connectivity index (χ1v) is 10.8. The maximum absolute atomic E-state index is 12.5. The topological polar surface area (TPSA) is 41.1 Å². The van der Waals surface area contributed by atoms with E-state index < -0.39 is 0 Å².